The average molecular weight is 426 g/mol. The van der Waals surface area contributed by atoms with Crippen LogP contribution in [0.1, 0.15) is 26.3 Å². The molecule has 1 saturated heterocycles. The summed E-state index contributed by atoms with van der Waals surface area (Å²) in [6.45, 7) is 5.08. The molecule has 4 N–H and O–H groups in total. The van der Waals surface area contributed by atoms with Gasteiger partial charge in [-0.2, -0.15) is 8.42 Å². The number of ether oxygens (including phenoxy) is 1. The first-order chi connectivity index (χ1) is 13.5. The van der Waals surface area contributed by atoms with Gasteiger partial charge in [-0.1, -0.05) is 19.9 Å². The number of halogens is 1. The number of anilines is 1. The summed E-state index contributed by atoms with van der Waals surface area (Å²) in [4.78, 5) is 24.0. The van der Waals surface area contributed by atoms with Crippen molar-refractivity contribution in [1.29, 1.82) is 0 Å². The summed E-state index contributed by atoms with van der Waals surface area (Å²) in [5, 5.41) is 3.12. The molecular formula is C18H23FN4O5S. The smallest absolute Gasteiger partial charge is 0.328 e. The molecule has 0 bridgehead atoms. The third-order valence-corrected chi connectivity index (χ3v) is 6.14. The van der Waals surface area contributed by atoms with Gasteiger partial charge < -0.3 is 15.8 Å². The van der Waals surface area contributed by atoms with Gasteiger partial charge in [0.05, 0.1) is 0 Å². The van der Waals surface area contributed by atoms with Crippen molar-refractivity contribution in [1.82, 2.24) is 10.0 Å². The molecule has 0 spiro atoms. The van der Waals surface area contributed by atoms with E-state index < -0.39 is 46.2 Å². The van der Waals surface area contributed by atoms with Crippen molar-refractivity contribution in [2.45, 2.75) is 32.9 Å². The Labute approximate surface area is 168 Å². The van der Waals surface area contributed by atoms with Crippen molar-refractivity contribution >= 4 is 33.3 Å². The number of esters is 1. The average Bonchev–Trinajstić information content (AvgIpc) is 3.16. The molecule has 29 heavy (non-hydrogen) atoms. The topological polar surface area (TPSA) is 131 Å². The number of hydrogen-bond acceptors (Lipinski definition) is 7. The molecule has 2 atom stereocenters. The Hall–Kier alpha value is -2.50. The fraction of sp³-hybridized carbons (Fsp3) is 0.444. The van der Waals surface area contributed by atoms with Crippen LogP contribution in [0, 0.1) is 11.7 Å². The van der Waals surface area contributed by atoms with Gasteiger partial charge in [0.15, 0.2) is 11.6 Å². The summed E-state index contributed by atoms with van der Waals surface area (Å²) in [7, 11) is -4.32. The Balaban J connectivity index is 2.11. The standard InChI is InChI=1S/C18H23FN4O5S/c1-9(2)16(20)18(25)28-13-5-4-12(11-6-10(3)21-7-11)15(19)17(13)23-8-14(24)22-29(23,26)27/h4-6,9-10,16,21H,7-8,20H2,1-3H3,(H,22,24)/t10-,16?/m1/s1. The third-order valence-electron chi connectivity index (χ3n) is 4.76. The Morgan fingerprint density at radius 3 is 2.59 bits per heavy atom. The van der Waals surface area contributed by atoms with Gasteiger partial charge in [-0.15, -0.1) is 0 Å². The first-order valence-corrected chi connectivity index (χ1v) is 10.5. The monoisotopic (exact) mass is 426 g/mol. The zero-order chi connectivity index (χ0) is 21.5. The van der Waals surface area contributed by atoms with E-state index in [2.05, 4.69) is 5.32 Å². The van der Waals surface area contributed by atoms with Crippen LogP contribution in [-0.2, 0) is 19.8 Å². The van der Waals surface area contributed by atoms with Crippen LogP contribution < -0.4 is 24.8 Å². The molecule has 2 aliphatic rings. The van der Waals surface area contributed by atoms with Gasteiger partial charge in [0, 0.05) is 18.2 Å². The lowest BCUT2D eigenvalue weighted by atomic mass is 10.0. The maximum atomic E-state index is 15.5. The van der Waals surface area contributed by atoms with E-state index in [1.165, 1.54) is 12.1 Å². The highest BCUT2D eigenvalue weighted by atomic mass is 32.2. The van der Waals surface area contributed by atoms with Gasteiger partial charge >= 0.3 is 16.2 Å². The fourth-order valence-electron chi connectivity index (χ4n) is 3.08. The largest absolute Gasteiger partial charge is 0.423 e. The Bertz CT molecular complexity index is 992. The van der Waals surface area contributed by atoms with E-state index in [1.807, 2.05) is 13.0 Å². The van der Waals surface area contributed by atoms with Crippen molar-refractivity contribution in [3.8, 4) is 5.75 Å². The number of nitrogens with zero attached hydrogens (tertiary/aromatic N) is 1. The predicted molar refractivity (Wildman–Crippen MR) is 105 cm³/mol. The molecule has 158 valence electrons. The Morgan fingerprint density at radius 1 is 1.38 bits per heavy atom. The van der Waals surface area contributed by atoms with Crippen molar-refractivity contribution in [2.75, 3.05) is 17.4 Å². The number of hydrogen-bond donors (Lipinski definition) is 3. The SMILES string of the molecule is CC(C)C(N)C(=O)Oc1ccc(C2=C[C@@H](C)NC2)c(F)c1N1CC(=O)NS1(=O)=O. The van der Waals surface area contributed by atoms with Crippen LogP contribution in [0.3, 0.4) is 0 Å². The van der Waals surface area contributed by atoms with Gasteiger partial charge in [0.1, 0.15) is 18.3 Å². The van der Waals surface area contributed by atoms with Crippen LogP contribution in [0.15, 0.2) is 18.2 Å². The quantitative estimate of drug-likeness (QED) is 0.455. The van der Waals surface area contributed by atoms with Crippen LogP contribution in [0.5, 0.6) is 5.75 Å². The van der Waals surface area contributed by atoms with E-state index >= 15 is 4.39 Å². The number of nitrogens with two attached hydrogens (primary N) is 1. The maximum Gasteiger partial charge on any atom is 0.328 e. The molecule has 1 aromatic rings. The van der Waals surface area contributed by atoms with Gasteiger partial charge in [0.25, 0.3) is 5.91 Å². The van der Waals surface area contributed by atoms with Crippen molar-refractivity contribution < 1.29 is 27.1 Å². The molecular weight excluding hydrogens is 403 g/mol. The second kappa shape index (κ2) is 7.73. The van der Waals surface area contributed by atoms with E-state index in [1.54, 1.807) is 18.6 Å². The molecule has 0 radical (unpaired) electrons. The van der Waals surface area contributed by atoms with Gasteiger partial charge in [0.2, 0.25) is 0 Å². The molecule has 1 aromatic carbocycles. The van der Waals surface area contributed by atoms with Crippen LogP contribution >= 0.6 is 0 Å². The molecule has 3 rings (SSSR count). The highest BCUT2D eigenvalue weighted by molar-refractivity contribution is 7.92. The molecule has 2 aliphatic heterocycles. The highest BCUT2D eigenvalue weighted by Gasteiger charge is 2.39. The number of amides is 1. The molecule has 0 saturated carbocycles. The van der Waals surface area contributed by atoms with E-state index in [-0.39, 0.29) is 23.3 Å². The zero-order valence-corrected chi connectivity index (χ0v) is 17.0. The summed E-state index contributed by atoms with van der Waals surface area (Å²) in [5.74, 6) is -3.13. The summed E-state index contributed by atoms with van der Waals surface area (Å²) < 4.78 is 47.7. The second-order valence-electron chi connectivity index (χ2n) is 7.36. The second-order valence-corrected chi connectivity index (χ2v) is 8.96. The predicted octanol–water partition coefficient (Wildman–Crippen LogP) is 0.271. The van der Waals surface area contributed by atoms with E-state index in [0.717, 1.165) is 0 Å². The number of nitrogens with one attached hydrogen (secondary N) is 2. The molecule has 0 aromatic heterocycles. The van der Waals surface area contributed by atoms with Crippen molar-refractivity contribution in [3.05, 3.63) is 29.6 Å². The highest BCUT2D eigenvalue weighted by Crippen LogP contribution is 2.39. The number of carbonyl (C=O) groups excluding carboxylic acids is 2. The van der Waals surface area contributed by atoms with Crippen LogP contribution in [0.25, 0.3) is 5.57 Å². The lowest BCUT2D eigenvalue weighted by Gasteiger charge is -2.22. The van der Waals surface area contributed by atoms with Gasteiger partial charge in [-0.25, -0.2) is 18.2 Å². The number of benzene rings is 1. The minimum atomic E-state index is -4.32. The Morgan fingerprint density at radius 2 is 2.07 bits per heavy atom. The van der Waals surface area contributed by atoms with Crippen LogP contribution in [0.2, 0.25) is 0 Å². The molecule has 9 nitrogen and oxygen atoms in total. The summed E-state index contributed by atoms with van der Waals surface area (Å²) >= 11 is 0. The minimum Gasteiger partial charge on any atom is -0.423 e. The third kappa shape index (κ3) is 4.11. The summed E-state index contributed by atoms with van der Waals surface area (Å²) in [6, 6.07) is 1.75. The van der Waals surface area contributed by atoms with Gasteiger partial charge in [-0.3, -0.25) is 4.79 Å². The van der Waals surface area contributed by atoms with Crippen LogP contribution in [0.4, 0.5) is 10.1 Å². The van der Waals surface area contributed by atoms with Crippen molar-refractivity contribution in [2.24, 2.45) is 11.7 Å². The maximum absolute atomic E-state index is 15.5. The normalized spacial score (nSPS) is 21.9. The minimum absolute atomic E-state index is 0.0214. The summed E-state index contributed by atoms with van der Waals surface area (Å²) in [5.41, 5.74) is 6.06. The first kappa shape index (κ1) is 21.2. The Kier molecular flexibility index (Phi) is 5.65. The van der Waals surface area contributed by atoms with Crippen LogP contribution in [-0.4, -0.2) is 45.5 Å². The molecule has 2 heterocycles. The summed E-state index contributed by atoms with van der Waals surface area (Å²) in [6.07, 6.45) is 1.81. The van der Waals surface area contributed by atoms with Gasteiger partial charge in [-0.05, 0) is 30.5 Å². The molecule has 1 amide bonds. The molecule has 1 fully saturated rings. The lowest BCUT2D eigenvalue weighted by Crippen LogP contribution is -2.39. The van der Waals surface area contributed by atoms with E-state index in [4.69, 9.17) is 10.5 Å². The number of rotatable bonds is 5. The van der Waals surface area contributed by atoms with E-state index in [9.17, 15) is 18.0 Å². The van der Waals surface area contributed by atoms with E-state index in [0.29, 0.717) is 16.4 Å². The number of carbonyl (C=O) groups is 2. The lowest BCUT2D eigenvalue weighted by molar-refractivity contribution is -0.136. The van der Waals surface area contributed by atoms with Crippen molar-refractivity contribution in [3.63, 3.8) is 0 Å². The zero-order valence-electron chi connectivity index (χ0n) is 16.2. The fourth-order valence-corrected chi connectivity index (χ4v) is 4.24. The molecule has 0 aliphatic carbocycles. The first-order valence-electron chi connectivity index (χ1n) is 9.08. The molecule has 11 heteroatoms. The molecule has 1 unspecified atom stereocenters.